The zero-order valence-electron chi connectivity index (χ0n) is 19.4. The Bertz CT molecular complexity index is 973. The highest BCUT2D eigenvalue weighted by molar-refractivity contribution is 7.19. The molecule has 0 aliphatic heterocycles. The highest BCUT2D eigenvalue weighted by atomic mass is 32.1. The van der Waals surface area contributed by atoms with Gasteiger partial charge in [-0.25, -0.2) is 9.59 Å². The fraction of sp³-hybridized carbons (Fsp3) is 0.458. The number of carbonyl (C=O) groups excluding carboxylic acids is 2. The number of nitrogens with zero attached hydrogens (tertiary/aromatic N) is 1. The van der Waals surface area contributed by atoms with Gasteiger partial charge in [-0.3, -0.25) is 10.1 Å². The van der Waals surface area contributed by atoms with Crippen molar-refractivity contribution in [2.45, 2.75) is 59.3 Å². The zero-order valence-corrected chi connectivity index (χ0v) is 20.3. The second kappa shape index (κ2) is 12.8. The van der Waals surface area contributed by atoms with Gasteiger partial charge in [0.1, 0.15) is 10.8 Å². The fourth-order valence-electron chi connectivity index (χ4n) is 3.56. The predicted molar refractivity (Wildman–Crippen MR) is 132 cm³/mol. The lowest BCUT2D eigenvalue weighted by atomic mass is 10.1. The molecule has 180 valence electrons. The van der Waals surface area contributed by atoms with Gasteiger partial charge in [-0.1, -0.05) is 51.2 Å². The van der Waals surface area contributed by atoms with E-state index in [-0.39, 0.29) is 33.3 Å². The summed E-state index contributed by atoms with van der Waals surface area (Å²) in [6.45, 7) is 6.24. The Morgan fingerprint density at radius 2 is 1.70 bits per heavy atom. The summed E-state index contributed by atoms with van der Waals surface area (Å²) in [5.41, 5.74) is 0.505. The second-order valence-electron chi connectivity index (χ2n) is 7.75. The lowest BCUT2D eigenvalue weighted by molar-refractivity contribution is 0.0697. The highest BCUT2D eigenvalue weighted by Crippen LogP contribution is 2.36. The van der Waals surface area contributed by atoms with Crippen LogP contribution in [0.5, 0.6) is 5.75 Å². The lowest BCUT2D eigenvalue weighted by Gasteiger charge is -2.21. The number of phenols is 1. The quantitative estimate of drug-likeness (QED) is 0.298. The molecule has 0 unspecified atom stereocenters. The molecule has 2 rings (SSSR count). The third-order valence-corrected chi connectivity index (χ3v) is 6.53. The maximum atomic E-state index is 13.2. The standard InChI is InChI=1S/C24H33N3O5S/c1-4-6-7-8-9-12-15-25-24(32)26-21-19(23(30)31)16(3)20(33-21)22(29)27(5-2)17-13-10-11-14-18(17)28/h10-11,13-14,28H,4-9,12,15H2,1-3H3,(H,30,31)(H2,25,26,32). The first kappa shape index (κ1) is 26.2. The van der Waals surface area contributed by atoms with Gasteiger partial charge in [-0.15, -0.1) is 11.3 Å². The van der Waals surface area contributed by atoms with Gasteiger partial charge in [0.15, 0.2) is 0 Å². The van der Waals surface area contributed by atoms with Gasteiger partial charge in [-0.2, -0.15) is 0 Å². The number of carboxylic acids is 1. The second-order valence-corrected chi connectivity index (χ2v) is 8.77. The summed E-state index contributed by atoms with van der Waals surface area (Å²) in [6, 6.07) is 5.96. The molecule has 0 spiro atoms. The number of nitrogens with one attached hydrogen (secondary N) is 2. The number of aromatic hydroxyl groups is 1. The van der Waals surface area contributed by atoms with Gasteiger partial charge in [0, 0.05) is 13.1 Å². The van der Waals surface area contributed by atoms with Crippen molar-refractivity contribution >= 4 is 39.9 Å². The van der Waals surface area contributed by atoms with Crippen molar-refractivity contribution in [2.24, 2.45) is 0 Å². The smallest absolute Gasteiger partial charge is 0.339 e. The molecule has 1 aromatic heterocycles. The van der Waals surface area contributed by atoms with Crippen LogP contribution >= 0.6 is 11.3 Å². The van der Waals surface area contributed by atoms with Crippen molar-refractivity contribution in [1.29, 1.82) is 0 Å². The van der Waals surface area contributed by atoms with E-state index in [0.717, 1.165) is 30.6 Å². The SMILES string of the molecule is CCCCCCCCNC(=O)Nc1sc(C(=O)N(CC)c2ccccc2O)c(C)c1C(=O)O. The summed E-state index contributed by atoms with van der Waals surface area (Å²) < 4.78 is 0. The van der Waals surface area contributed by atoms with Crippen LogP contribution in [0, 0.1) is 6.92 Å². The summed E-state index contributed by atoms with van der Waals surface area (Å²) in [4.78, 5) is 39.0. The number of rotatable bonds is 12. The normalized spacial score (nSPS) is 10.6. The van der Waals surface area contributed by atoms with Crippen LogP contribution in [-0.4, -0.2) is 41.2 Å². The van der Waals surface area contributed by atoms with Crippen LogP contribution in [-0.2, 0) is 0 Å². The molecule has 33 heavy (non-hydrogen) atoms. The Hall–Kier alpha value is -3.07. The highest BCUT2D eigenvalue weighted by Gasteiger charge is 2.29. The Morgan fingerprint density at radius 1 is 1.03 bits per heavy atom. The van der Waals surface area contributed by atoms with Crippen molar-refractivity contribution in [3.05, 3.63) is 40.3 Å². The van der Waals surface area contributed by atoms with E-state index >= 15 is 0 Å². The first-order valence-electron chi connectivity index (χ1n) is 11.3. The number of carbonyl (C=O) groups is 3. The molecule has 8 nitrogen and oxygen atoms in total. The Kier molecular flexibility index (Phi) is 10.2. The summed E-state index contributed by atoms with van der Waals surface area (Å²) >= 11 is 0.922. The van der Waals surface area contributed by atoms with Crippen molar-refractivity contribution in [3.8, 4) is 5.75 Å². The maximum Gasteiger partial charge on any atom is 0.339 e. The van der Waals surface area contributed by atoms with Crippen LogP contribution < -0.4 is 15.5 Å². The van der Waals surface area contributed by atoms with Crippen molar-refractivity contribution in [3.63, 3.8) is 0 Å². The van der Waals surface area contributed by atoms with E-state index in [1.165, 1.54) is 30.2 Å². The van der Waals surface area contributed by atoms with E-state index in [4.69, 9.17) is 0 Å². The number of hydrogen-bond donors (Lipinski definition) is 4. The average molecular weight is 476 g/mol. The number of amides is 3. The molecule has 0 saturated carbocycles. The van der Waals surface area contributed by atoms with Crippen molar-refractivity contribution in [1.82, 2.24) is 5.32 Å². The number of hydrogen-bond acceptors (Lipinski definition) is 5. The summed E-state index contributed by atoms with van der Waals surface area (Å²) in [5, 5.41) is 25.3. The first-order valence-corrected chi connectivity index (χ1v) is 12.1. The molecule has 0 bridgehead atoms. The van der Waals surface area contributed by atoms with Gasteiger partial charge in [0.2, 0.25) is 0 Å². The van der Waals surface area contributed by atoms with Gasteiger partial charge in [0.05, 0.1) is 16.1 Å². The van der Waals surface area contributed by atoms with Gasteiger partial charge < -0.3 is 20.4 Å². The van der Waals surface area contributed by atoms with E-state index in [9.17, 15) is 24.6 Å². The molecule has 0 fully saturated rings. The monoisotopic (exact) mass is 475 g/mol. The maximum absolute atomic E-state index is 13.2. The number of thiophene rings is 1. The van der Waals surface area contributed by atoms with Gasteiger partial charge in [-0.05, 0) is 38.0 Å². The number of anilines is 2. The van der Waals surface area contributed by atoms with Crippen LogP contribution in [0.15, 0.2) is 24.3 Å². The summed E-state index contributed by atoms with van der Waals surface area (Å²) in [7, 11) is 0. The van der Waals surface area contributed by atoms with Crippen LogP contribution in [0.1, 0.15) is 78.0 Å². The van der Waals surface area contributed by atoms with E-state index in [1.54, 1.807) is 32.0 Å². The average Bonchev–Trinajstić information content (AvgIpc) is 3.10. The number of urea groups is 1. The van der Waals surface area contributed by atoms with Crippen LogP contribution in [0.2, 0.25) is 0 Å². The van der Waals surface area contributed by atoms with Crippen LogP contribution in [0.25, 0.3) is 0 Å². The van der Waals surface area contributed by atoms with E-state index in [0.29, 0.717) is 12.2 Å². The summed E-state index contributed by atoms with van der Waals surface area (Å²) in [6.07, 6.45) is 6.58. The van der Waals surface area contributed by atoms with Gasteiger partial charge >= 0.3 is 12.0 Å². The first-order chi connectivity index (χ1) is 15.8. The van der Waals surface area contributed by atoms with E-state index < -0.39 is 17.9 Å². The Morgan fingerprint density at radius 3 is 2.33 bits per heavy atom. The van der Waals surface area contributed by atoms with Crippen molar-refractivity contribution in [2.75, 3.05) is 23.3 Å². The third-order valence-electron chi connectivity index (χ3n) is 5.33. The molecule has 2 aromatic rings. The molecule has 0 aliphatic rings. The largest absolute Gasteiger partial charge is 0.506 e. The van der Waals surface area contributed by atoms with Crippen LogP contribution in [0.3, 0.4) is 0 Å². The van der Waals surface area contributed by atoms with Crippen molar-refractivity contribution < 1.29 is 24.6 Å². The number of unbranched alkanes of at least 4 members (excludes halogenated alkanes) is 5. The molecule has 1 heterocycles. The zero-order chi connectivity index (χ0) is 24.4. The molecular weight excluding hydrogens is 442 g/mol. The molecule has 0 aliphatic carbocycles. The molecule has 4 N–H and O–H groups in total. The molecule has 3 amide bonds. The fourth-order valence-corrected chi connectivity index (χ4v) is 4.70. The number of benzene rings is 1. The molecular formula is C24H33N3O5S. The number of carboxylic acid groups (broad SMARTS) is 1. The molecule has 0 radical (unpaired) electrons. The minimum absolute atomic E-state index is 0.0483. The molecule has 0 atom stereocenters. The Labute approximate surface area is 198 Å². The lowest BCUT2D eigenvalue weighted by Crippen LogP contribution is -2.30. The van der Waals surface area contributed by atoms with Crippen LogP contribution in [0.4, 0.5) is 15.5 Å². The minimum Gasteiger partial charge on any atom is -0.506 e. The predicted octanol–water partition coefficient (Wildman–Crippen LogP) is 5.61. The number of aromatic carboxylic acids is 1. The summed E-state index contributed by atoms with van der Waals surface area (Å²) in [5.74, 6) is -1.71. The molecule has 1 aromatic carbocycles. The van der Waals surface area contributed by atoms with Gasteiger partial charge in [0.25, 0.3) is 5.91 Å². The Balaban J connectivity index is 2.13. The minimum atomic E-state index is -1.22. The molecule has 0 saturated heterocycles. The number of phenolic OH excluding ortho intramolecular Hbond substituents is 1. The number of para-hydroxylation sites is 2. The van der Waals surface area contributed by atoms with E-state index in [1.807, 2.05) is 0 Å². The molecule has 9 heteroatoms. The van der Waals surface area contributed by atoms with E-state index in [2.05, 4.69) is 17.6 Å². The topological polar surface area (TPSA) is 119 Å². The third kappa shape index (κ3) is 6.95.